The molecule has 1 aromatic heterocycles. The van der Waals surface area contributed by atoms with E-state index in [0.717, 1.165) is 6.54 Å². The van der Waals surface area contributed by atoms with Crippen LogP contribution < -0.4 is 5.32 Å². The zero-order chi connectivity index (χ0) is 13.1. The molecule has 6 nitrogen and oxygen atoms in total. The summed E-state index contributed by atoms with van der Waals surface area (Å²) in [5.74, 6) is 0.869. The number of anilines is 1. The van der Waals surface area contributed by atoms with Crippen molar-refractivity contribution in [1.82, 2.24) is 9.97 Å². The number of rotatable bonds is 4. The molecule has 0 saturated carbocycles. The Balaban J connectivity index is 2.56. The fourth-order valence-corrected chi connectivity index (χ4v) is 1.06. The molecule has 0 aromatic carbocycles. The first-order chi connectivity index (χ1) is 7.80. The fraction of sp³-hybridized carbons (Fsp3) is 0.636. The Morgan fingerprint density at radius 2 is 1.94 bits per heavy atom. The largest absolute Gasteiger partial charge is 0.354 e. The van der Waals surface area contributed by atoms with Gasteiger partial charge in [0.1, 0.15) is 12.4 Å². The van der Waals surface area contributed by atoms with Crippen molar-refractivity contribution in [1.29, 1.82) is 0 Å². The van der Waals surface area contributed by atoms with Gasteiger partial charge in [-0.3, -0.25) is 10.1 Å². The maximum Gasteiger partial charge on any atom is 0.305 e. The van der Waals surface area contributed by atoms with Crippen molar-refractivity contribution < 1.29 is 4.92 Å². The van der Waals surface area contributed by atoms with Crippen LogP contribution >= 0.6 is 0 Å². The summed E-state index contributed by atoms with van der Waals surface area (Å²) in [4.78, 5) is 17.7. The van der Waals surface area contributed by atoms with Crippen LogP contribution in [0.1, 0.15) is 27.7 Å². The van der Waals surface area contributed by atoms with E-state index in [-0.39, 0.29) is 11.1 Å². The van der Waals surface area contributed by atoms with E-state index in [2.05, 4.69) is 43.0 Å². The Morgan fingerprint density at radius 1 is 1.41 bits per heavy atom. The summed E-state index contributed by atoms with van der Waals surface area (Å²) < 4.78 is 0. The van der Waals surface area contributed by atoms with Crippen molar-refractivity contribution in [2.24, 2.45) is 11.3 Å². The second kappa shape index (κ2) is 5.07. The first-order valence-electron chi connectivity index (χ1n) is 5.51. The summed E-state index contributed by atoms with van der Waals surface area (Å²) in [6.45, 7) is 9.36. The molecule has 1 heterocycles. The maximum atomic E-state index is 10.4. The van der Waals surface area contributed by atoms with Crippen LogP contribution in [0.15, 0.2) is 12.4 Å². The number of hydrogen-bond donors (Lipinski definition) is 1. The van der Waals surface area contributed by atoms with Crippen molar-refractivity contribution in [3.05, 3.63) is 22.5 Å². The summed E-state index contributed by atoms with van der Waals surface area (Å²) in [7, 11) is 0. The number of nitro groups is 1. The standard InChI is InChI=1S/C11H18N4O2/c1-8(11(2,3)4)5-12-10-13-6-9(7-14-10)15(16)17/h6-8H,5H2,1-4H3,(H,12,13,14). The molecule has 6 heteroatoms. The van der Waals surface area contributed by atoms with Gasteiger partial charge in [-0.15, -0.1) is 0 Å². The van der Waals surface area contributed by atoms with E-state index in [1.54, 1.807) is 0 Å². The summed E-state index contributed by atoms with van der Waals surface area (Å²) in [5.41, 5.74) is 0.104. The first kappa shape index (κ1) is 13.3. The summed E-state index contributed by atoms with van der Waals surface area (Å²) in [6, 6.07) is 0. The zero-order valence-corrected chi connectivity index (χ0v) is 10.6. The summed E-state index contributed by atoms with van der Waals surface area (Å²) in [6.07, 6.45) is 2.41. The molecule has 1 aromatic rings. The van der Waals surface area contributed by atoms with Gasteiger partial charge in [-0.25, -0.2) is 9.97 Å². The van der Waals surface area contributed by atoms with Gasteiger partial charge in [0.05, 0.1) is 4.92 Å². The van der Waals surface area contributed by atoms with Crippen LogP contribution in [-0.2, 0) is 0 Å². The van der Waals surface area contributed by atoms with E-state index in [4.69, 9.17) is 0 Å². The minimum absolute atomic E-state index is 0.0978. The molecule has 0 aliphatic carbocycles. The van der Waals surface area contributed by atoms with Gasteiger partial charge in [0, 0.05) is 6.54 Å². The zero-order valence-electron chi connectivity index (χ0n) is 10.6. The normalized spacial score (nSPS) is 13.2. The average Bonchev–Trinajstić information content (AvgIpc) is 2.25. The molecule has 1 N–H and O–H groups in total. The predicted octanol–water partition coefficient (Wildman–Crippen LogP) is 2.48. The molecule has 0 radical (unpaired) electrons. The molecule has 1 unspecified atom stereocenters. The fourth-order valence-electron chi connectivity index (χ4n) is 1.06. The van der Waals surface area contributed by atoms with Crippen molar-refractivity contribution in [2.75, 3.05) is 11.9 Å². The van der Waals surface area contributed by atoms with Crippen molar-refractivity contribution in [3.8, 4) is 0 Å². The predicted molar refractivity (Wildman–Crippen MR) is 65.8 cm³/mol. The number of nitrogens with one attached hydrogen (secondary N) is 1. The first-order valence-corrected chi connectivity index (χ1v) is 5.51. The number of hydrogen-bond acceptors (Lipinski definition) is 5. The molecular formula is C11H18N4O2. The lowest BCUT2D eigenvalue weighted by molar-refractivity contribution is -0.385. The highest BCUT2D eigenvalue weighted by molar-refractivity contribution is 5.30. The molecule has 0 aliphatic rings. The van der Waals surface area contributed by atoms with Gasteiger partial charge in [-0.1, -0.05) is 27.7 Å². The molecule has 0 saturated heterocycles. The highest BCUT2D eigenvalue weighted by atomic mass is 16.6. The molecule has 94 valence electrons. The number of aromatic nitrogens is 2. The summed E-state index contributed by atoms with van der Waals surface area (Å²) in [5, 5.41) is 13.5. The molecule has 0 amide bonds. The molecule has 0 fully saturated rings. The molecule has 0 aliphatic heterocycles. The van der Waals surface area contributed by atoms with Gasteiger partial charge in [0.2, 0.25) is 5.95 Å². The van der Waals surface area contributed by atoms with E-state index in [1.165, 1.54) is 12.4 Å². The lowest BCUT2D eigenvalue weighted by Crippen LogP contribution is -2.25. The Kier molecular flexibility index (Phi) is 3.98. The maximum absolute atomic E-state index is 10.4. The highest BCUT2D eigenvalue weighted by Crippen LogP contribution is 2.25. The minimum Gasteiger partial charge on any atom is -0.354 e. The third-order valence-electron chi connectivity index (χ3n) is 2.89. The molecular weight excluding hydrogens is 220 g/mol. The topological polar surface area (TPSA) is 81.0 Å². The van der Waals surface area contributed by atoms with Crippen LogP contribution in [0.25, 0.3) is 0 Å². The van der Waals surface area contributed by atoms with Crippen LogP contribution in [0.4, 0.5) is 11.6 Å². The van der Waals surface area contributed by atoms with E-state index < -0.39 is 4.92 Å². The Bertz CT molecular complexity index is 383. The Hall–Kier alpha value is -1.72. The minimum atomic E-state index is -0.512. The third-order valence-corrected chi connectivity index (χ3v) is 2.89. The van der Waals surface area contributed by atoms with Gasteiger partial charge >= 0.3 is 5.69 Å². The summed E-state index contributed by atoms with van der Waals surface area (Å²) >= 11 is 0. The molecule has 0 spiro atoms. The van der Waals surface area contributed by atoms with Crippen LogP contribution in [0.3, 0.4) is 0 Å². The van der Waals surface area contributed by atoms with Crippen molar-refractivity contribution in [2.45, 2.75) is 27.7 Å². The van der Waals surface area contributed by atoms with Crippen LogP contribution in [0.5, 0.6) is 0 Å². The van der Waals surface area contributed by atoms with Gasteiger partial charge in [0.15, 0.2) is 0 Å². The molecule has 1 atom stereocenters. The van der Waals surface area contributed by atoms with E-state index in [1.807, 2.05) is 0 Å². The lowest BCUT2D eigenvalue weighted by Gasteiger charge is -2.27. The van der Waals surface area contributed by atoms with Gasteiger partial charge in [-0.2, -0.15) is 0 Å². The van der Waals surface area contributed by atoms with Crippen LogP contribution in [0.2, 0.25) is 0 Å². The highest BCUT2D eigenvalue weighted by Gasteiger charge is 2.19. The average molecular weight is 238 g/mol. The molecule has 0 bridgehead atoms. The Morgan fingerprint density at radius 3 is 2.35 bits per heavy atom. The SMILES string of the molecule is CC(CNc1ncc([N+](=O)[O-])cn1)C(C)(C)C. The van der Waals surface area contributed by atoms with Crippen LogP contribution in [0, 0.1) is 21.4 Å². The third kappa shape index (κ3) is 3.97. The van der Waals surface area contributed by atoms with Crippen molar-refractivity contribution >= 4 is 11.6 Å². The van der Waals surface area contributed by atoms with Gasteiger partial charge in [0.25, 0.3) is 0 Å². The quantitative estimate of drug-likeness (QED) is 0.643. The van der Waals surface area contributed by atoms with Crippen molar-refractivity contribution in [3.63, 3.8) is 0 Å². The van der Waals surface area contributed by atoms with Gasteiger partial charge < -0.3 is 5.32 Å². The lowest BCUT2D eigenvalue weighted by atomic mass is 9.82. The second-order valence-corrected chi connectivity index (χ2v) is 5.17. The number of nitrogens with zero attached hydrogens (tertiary/aromatic N) is 3. The molecule has 1 rings (SSSR count). The van der Waals surface area contributed by atoms with E-state index in [0.29, 0.717) is 11.9 Å². The smallest absolute Gasteiger partial charge is 0.305 e. The van der Waals surface area contributed by atoms with E-state index >= 15 is 0 Å². The Labute approximate surface area is 101 Å². The monoisotopic (exact) mass is 238 g/mol. The van der Waals surface area contributed by atoms with E-state index in [9.17, 15) is 10.1 Å². The van der Waals surface area contributed by atoms with Crippen LogP contribution in [-0.4, -0.2) is 21.4 Å². The molecule has 17 heavy (non-hydrogen) atoms. The second-order valence-electron chi connectivity index (χ2n) is 5.17. The van der Waals surface area contributed by atoms with Gasteiger partial charge in [-0.05, 0) is 11.3 Å².